The molecule has 1 heterocycles. The van der Waals surface area contributed by atoms with Crippen molar-refractivity contribution in [3.05, 3.63) is 14.7 Å². The summed E-state index contributed by atoms with van der Waals surface area (Å²) in [7, 11) is -1.96. The van der Waals surface area contributed by atoms with Crippen LogP contribution in [-0.4, -0.2) is 45.4 Å². The van der Waals surface area contributed by atoms with Gasteiger partial charge >= 0.3 is 0 Å². The lowest BCUT2D eigenvalue weighted by molar-refractivity contribution is 0.180. The predicted octanol–water partition coefficient (Wildman–Crippen LogP) is 2.69. The van der Waals surface area contributed by atoms with Gasteiger partial charge < -0.3 is 4.74 Å². The molecule has 0 aromatic carbocycles. The minimum atomic E-state index is -3.50. The van der Waals surface area contributed by atoms with Crippen LogP contribution >= 0.6 is 38.9 Å². The van der Waals surface area contributed by atoms with Crippen molar-refractivity contribution >= 4 is 48.9 Å². The number of sulfonamides is 1. The summed E-state index contributed by atoms with van der Waals surface area (Å²) >= 11 is 10.4. The molecule has 0 aliphatic carbocycles. The van der Waals surface area contributed by atoms with Crippen LogP contribution in [0.1, 0.15) is 4.88 Å². The highest BCUT2D eigenvalue weighted by Gasteiger charge is 2.26. The van der Waals surface area contributed by atoms with E-state index in [0.29, 0.717) is 18.0 Å². The Kier molecular flexibility index (Phi) is 6.57. The highest BCUT2D eigenvalue weighted by atomic mass is 79.9. The Morgan fingerprint density at radius 1 is 1.50 bits per heavy atom. The quantitative estimate of drug-likeness (QED) is 0.687. The molecule has 0 amide bonds. The molecule has 0 aliphatic rings. The van der Waals surface area contributed by atoms with Crippen LogP contribution < -0.4 is 0 Å². The van der Waals surface area contributed by atoms with E-state index >= 15 is 0 Å². The van der Waals surface area contributed by atoms with E-state index in [2.05, 4.69) is 15.9 Å². The zero-order valence-electron chi connectivity index (χ0n) is 10.2. The predicted molar refractivity (Wildman–Crippen MR) is 78.1 cm³/mol. The average Bonchev–Trinajstić information content (AvgIpc) is 2.64. The maximum Gasteiger partial charge on any atom is 0.244 e. The number of methoxy groups -OCH3 is 1. The Bertz CT molecular complexity index is 489. The Hall–Kier alpha value is 0.340. The monoisotopic (exact) mass is 375 g/mol. The molecule has 0 radical (unpaired) electrons. The van der Waals surface area contributed by atoms with Crippen molar-refractivity contribution in [2.24, 2.45) is 0 Å². The molecule has 8 heteroatoms. The number of alkyl halides is 1. The van der Waals surface area contributed by atoms with Crippen LogP contribution in [0.3, 0.4) is 0 Å². The van der Waals surface area contributed by atoms with Crippen LogP contribution in [0.2, 0.25) is 0 Å². The van der Waals surface area contributed by atoms with Crippen molar-refractivity contribution in [3.8, 4) is 0 Å². The lowest BCUT2D eigenvalue weighted by Crippen LogP contribution is -2.35. The molecule has 0 spiro atoms. The van der Waals surface area contributed by atoms with Crippen LogP contribution in [-0.2, 0) is 14.8 Å². The van der Waals surface area contributed by atoms with E-state index in [4.69, 9.17) is 16.3 Å². The Labute approximate surface area is 125 Å². The van der Waals surface area contributed by atoms with Gasteiger partial charge in [0.25, 0.3) is 0 Å². The van der Waals surface area contributed by atoms with Crippen LogP contribution in [0.5, 0.6) is 0 Å². The first-order chi connectivity index (χ1) is 8.43. The summed E-state index contributed by atoms with van der Waals surface area (Å²) in [5.41, 5.74) is 0. The van der Waals surface area contributed by atoms with Gasteiger partial charge in [-0.1, -0.05) is 0 Å². The molecule has 0 saturated heterocycles. The molecule has 1 rings (SSSR count). The summed E-state index contributed by atoms with van der Waals surface area (Å²) in [6.07, 6.45) is 0. The van der Waals surface area contributed by atoms with Gasteiger partial charge in [-0.05, 0) is 28.9 Å². The van der Waals surface area contributed by atoms with Gasteiger partial charge in [0.05, 0.1) is 15.3 Å². The van der Waals surface area contributed by atoms with E-state index in [9.17, 15) is 8.42 Å². The fourth-order valence-electron chi connectivity index (χ4n) is 1.47. The molecule has 0 aliphatic heterocycles. The fourth-order valence-corrected chi connectivity index (χ4v) is 5.58. The van der Waals surface area contributed by atoms with E-state index < -0.39 is 10.0 Å². The van der Waals surface area contributed by atoms with Gasteiger partial charge in [0.15, 0.2) is 0 Å². The molecule has 0 bridgehead atoms. The summed E-state index contributed by atoms with van der Waals surface area (Å²) in [5.74, 6) is 0.257. The zero-order chi connectivity index (χ0) is 13.8. The zero-order valence-corrected chi connectivity index (χ0v) is 14.1. The van der Waals surface area contributed by atoms with E-state index in [1.807, 2.05) is 0 Å². The normalized spacial score (nSPS) is 12.3. The van der Waals surface area contributed by atoms with Gasteiger partial charge in [-0.15, -0.1) is 22.9 Å². The van der Waals surface area contributed by atoms with Crippen molar-refractivity contribution in [1.29, 1.82) is 0 Å². The first-order valence-electron chi connectivity index (χ1n) is 5.24. The number of aryl methyl sites for hydroxylation is 1. The van der Waals surface area contributed by atoms with Gasteiger partial charge in [0.2, 0.25) is 10.0 Å². The number of hydrogen-bond acceptors (Lipinski definition) is 4. The molecule has 0 saturated carbocycles. The molecule has 18 heavy (non-hydrogen) atoms. The van der Waals surface area contributed by atoms with Crippen LogP contribution in [0, 0.1) is 6.92 Å². The van der Waals surface area contributed by atoms with Crippen molar-refractivity contribution in [3.63, 3.8) is 0 Å². The Morgan fingerprint density at radius 3 is 2.61 bits per heavy atom. The maximum atomic E-state index is 12.5. The van der Waals surface area contributed by atoms with Gasteiger partial charge in [0, 0.05) is 31.0 Å². The molecule has 1 aromatic heterocycles. The smallest absolute Gasteiger partial charge is 0.244 e. The minimum absolute atomic E-state index is 0.257. The van der Waals surface area contributed by atoms with Crippen molar-refractivity contribution < 1.29 is 13.2 Å². The standard InChI is InChI=1S/C10H15BrClNO3S2/c1-8-9(7-10(11)17-8)18(14,15)13(4-3-12)5-6-16-2/h7H,3-6H2,1-2H3. The second-order valence-electron chi connectivity index (χ2n) is 3.56. The fraction of sp³-hybridized carbons (Fsp3) is 0.600. The Balaban J connectivity index is 3.04. The first-order valence-corrected chi connectivity index (χ1v) is 8.83. The van der Waals surface area contributed by atoms with Gasteiger partial charge in [-0.3, -0.25) is 0 Å². The number of nitrogens with zero attached hydrogens (tertiary/aromatic N) is 1. The van der Waals surface area contributed by atoms with Crippen LogP contribution in [0.4, 0.5) is 0 Å². The lowest BCUT2D eigenvalue weighted by Gasteiger charge is -2.20. The Morgan fingerprint density at radius 2 is 2.17 bits per heavy atom. The molecule has 0 atom stereocenters. The summed E-state index contributed by atoms with van der Waals surface area (Å²) in [6.45, 7) is 2.72. The molecule has 0 N–H and O–H groups in total. The largest absolute Gasteiger partial charge is 0.383 e. The first kappa shape index (κ1) is 16.4. The number of rotatable bonds is 7. The molecular weight excluding hydrogens is 362 g/mol. The number of hydrogen-bond donors (Lipinski definition) is 0. The molecule has 0 unspecified atom stereocenters. The third kappa shape index (κ3) is 3.91. The SMILES string of the molecule is COCCN(CCCl)S(=O)(=O)c1cc(Br)sc1C. The molecule has 1 aromatic rings. The lowest BCUT2D eigenvalue weighted by atomic mass is 10.5. The maximum absolute atomic E-state index is 12.5. The number of thiophene rings is 1. The van der Waals surface area contributed by atoms with E-state index in [-0.39, 0.29) is 12.4 Å². The highest BCUT2D eigenvalue weighted by Crippen LogP contribution is 2.31. The van der Waals surface area contributed by atoms with Gasteiger partial charge in [-0.25, -0.2) is 8.42 Å². The molecule has 0 fully saturated rings. The molecule has 4 nitrogen and oxygen atoms in total. The minimum Gasteiger partial charge on any atom is -0.383 e. The average molecular weight is 377 g/mol. The third-order valence-electron chi connectivity index (χ3n) is 2.34. The summed E-state index contributed by atoms with van der Waals surface area (Å²) < 4.78 is 32.0. The van der Waals surface area contributed by atoms with Crippen molar-refractivity contribution in [2.75, 3.05) is 32.7 Å². The third-order valence-corrected chi connectivity index (χ3v) is 6.22. The molecule has 104 valence electrons. The number of halogens is 2. The topological polar surface area (TPSA) is 46.6 Å². The van der Waals surface area contributed by atoms with E-state index in [1.54, 1.807) is 13.0 Å². The van der Waals surface area contributed by atoms with Crippen LogP contribution in [0.15, 0.2) is 14.7 Å². The second-order valence-corrected chi connectivity index (χ2v) is 8.48. The summed E-state index contributed by atoms with van der Waals surface area (Å²) in [4.78, 5) is 1.10. The molecular formula is C10H15BrClNO3S2. The van der Waals surface area contributed by atoms with E-state index in [0.717, 1.165) is 8.66 Å². The van der Waals surface area contributed by atoms with Gasteiger partial charge in [-0.2, -0.15) is 4.31 Å². The number of ether oxygens (including phenoxy) is 1. The summed E-state index contributed by atoms with van der Waals surface area (Å²) in [5, 5.41) is 0. The van der Waals surface area contributed by atoms with Crippen molar-refractivity contribution in [1.82, 2.24) is 4.31 Å². The van der Waals surface area contributed by atoms with Crippen LogP contribution in [0.25, 0.3) is 0 Å². The highest BCUT2D eigenvalue weighted by molar-refractivity contribution is 9.11. The van der Waals surface area contributed by atoms with E-state index in [1.165, 1.54) is 22.8 Å². The van der Waals surface area contributed by atoms with Crippen molar-refractivity contribution in [2.45, 2.75) is 11.8 Å². The van der Waals surface area contributed by atoms with Gasteiger partial charge in [0.1, 0.15) is 0 Å². The second kappa shape index (κ2) is 7.21. The summed E-state index contributed by atoms with van der Waals surface area (Å²) in [6, 6.07) is 1.63.